The van der Waals surface area contributed by atoms with Gasteiger partial charge >= 0.3 is 0 Å². The van der Waals surface area contributed by atoms with Gasteiger partial charge in [-0.15, -0.1) is 11.3 Å². The molecule has 0 aliphatic carbocycles. The number of hydrogen-bond acceptors (Lipinski definition) is 6. The van der Waals surface area contributed by atoms with Crippen LogP contribution in [-0.2, 0) is 0 Å². The predicted molar refractivity (Wildman–Crippen MR) is 109 cm³/mol. The Morgan fingerprint density at radius 1 is 1.22 bits per heavy atom. The first kappa shape index (κ1) is 18.8. The summed E-state index contributed by atoms with van der Waals surface area (Å²) in [6.45, 7) is 4.66. The highest BCUT2D eigenvalue weighted by molar-refractivity contribution is 7.07. The summed E-state index contributed by atoms with van der Waals surface area (Å²) in [6, 6.07) is 9.64. The largest absolute Gasteiger partial charge is 0.497 e. The smallest absolute Gasteiger partial charge is 0.206 e. The molecule has 6 nitrogen and oxygen atoms in total. The van der Waals surface area contributed by atoms with Crippen LogP contribution in [0.15, 0.2) is 58.2 Å². The molecule has 0 aliphatic rings. The lowest BCUT2D eigenvalue weighted by molar-refractivity contribution is 0.395. The summed E-state index contributed by atoms with van der Waals surface area (Å²) in [5.41, 5.74) is 3.66. The molecule has 27 heavy (non-hydrogen) atoms. The fraction of sp³-hybridized carbons (Fsp3) is 0.250. The van der Waals surface area contributed by atoms with Crippen LogP contribution in [0.3, 0.4) is 0 Å². The van der Waals surface area contributed by atoms with Gasteiger partial charge in [0.05, 0.1) is 25.6 Å². The van der Waals surface area contributed by atoms with Crippen molar-refractivity contribution in [2.24, 2.45) is 10.1 Å². The molecule has 0 unspecified atom stereocenters. The summed E-state index contributed by atoms with van der Waals surface area (Å²) in [5, 5.41) is 6.87. The highest BCUT2D eigenvalue weighted by atomic mass is 32.1. The van der Waals surface area contributed by atoms with E-state index >= 15 is 0 Å². The van der Waals surface area contributed by atoms with Gasteiger partial charge in [-0.1, -0.05) is 6.07 Å². The van der Waals surface area contributed by atoms with Crippen LogP contribution in [0.2, 0.25) is 0 Å². The Hall–Kier alpha value is -2.93. The van der Waals surface area contributed by atoms with Crippen LogP contribution in [0, 0.1) is 0 Å². The van der Waals surface area contributed by atoms with Crippen LogP contribution in [0.5, 0.6) is 11.5 Å². The number of pyridine rings is 1. The van der Waals surface area contributed by atoms with Crippen LogP contribution >= 0.6 is 11.3 Å². The molecule has 0 aliphatic heterocycles. The summed E-state index contributed by atoms with van der Waals surface area (Å²) in [4.78, 5) is 9.59. The van der Waals surface area contributed by atoms with E-state index in [4.69, 9.17) is 14.6 Å². The molecule has 0 N–H and O–H groups in total. The van der Waals surface area contributed by atoms with Gasteiger partial charge in [-0.25, -0.2) is 4.68 Å². The molecule has 0 saturated carbocycles. The van der Waals surface area contributed by atoms with Gasteiger partial charge < -0.3 is 9.47 Å². The summed E-state index contributed by atoms with van der Waals surface area (Å²) < 4.78 is 12.7. The lowest BCUT2D eigenvalue weighted by Gasteiger charge is -2.11. The van der Waals surface area contributed by atoms with Crippen LogP contribution in [-0.4, -0.2) is 36.1 Å². The lowest BCUT2D eigenvalue weighted by atomic mass is 10.1. The molecule has 0 bridgehead atoms. The third-order valence-electron chi connectivity index (χ3n) is 3.99. The minimum Gasteiger partial charge on any atom is -0.497 e. The molecule has 0 fully saturated rings. The van der Waals surface area contributed by atoms with Gasteiger partial charge in [0, 0.05) is 41.5 Å². The molecule has 0 amide bonds. The Bertz CT molecular complexity index is 1010. The van der Waals surface area contributed by atoms with Gasteiger partial charge in [-0.05, 0) is 32.0 Å². The third kappa shape index (κ3) is 4.09. The molecule has 7 heteroatoms. The zero-order valence-electron chi connectivity index (χ0n) is 15.8. The van der Waals surface area contributed by atoms with E-state index in [-0.39, 0.29) is 0 Å². The standard InChI is InChI=1S/C20H22N4O2S/c1-5-22-20-24(23-14(2)15-7-6-10-21-12-15)18(13-27-20)17-9-8-16(25-3)11-19(17)26-4/h6-13H,5H2,1-4H3. The highest BCUT2D eigenvalue weighted by Crippen LogP contribution is 2.33. The molecule has 2 heterocycles. The minimum absolute atomic E-state index is 0.682. The van der Waals surface area contributed by atoms with Crippen LogP contribution in [0.25, 0.3) is 11.3 Å². The average molecular weight is 382 g/mol. The maximum Gasteiger partial charge on any atom is 0.206 e. The molecule has 3 rings (SSSR count). The SMILES string of the molecule is CCN=c1scc(-c2ccc(OC)cc2OC)n1N=C(C)c1cccnc1. The molecule has 3 aromatic rings. The topological polar surface area (TPSA) is 61.0 Å². The number of hydrogen-bond donors (Lipinski definition) is 0. The Morgan fingerprint density at radius 3 is 2.74 bits per heavy atom. The summed E-state index contributed by atoms with van der Waals surface area (Å²) in [6.07, 6.45) is 3.55. The highest BCUT2D eigenvalue weighted by Gasteiger charge is 2.14. The van der Waals surface area contributed by atoms with E-state index in [1.807, 2.05) is 54.2 Å². The second-order valence-corrected chi connectivity index (χ2v) is 6.52. The quantitative estimate of drug-likeness (QED) is 0.609. The summed E-state index contributed by atoms with van der Waals surface area (Å²) in [7, 11) is 3.29. The first-order valence-electron chi connectivity index (χ1n) is 8.57. The van der Waals surface area contributed by atoms with Crippen molar-refractivity contribution in [2.75, 3.05) is 20.8 Å². The first-order valence-corrected chi connectivity index (χ1v) is 9.45. The second kappa shape index (κ2) is 8.64. The molecule has 2 aromatic heterocycles. The second-order valence-electron chi connectivity index (χ2n) is 5.68. The maximum absolute atomic E-state index is 5.58. The number of benzene rings is 1. The van der Waals surface area contributed by atoms with Crippen molar-refractivity contribution >= 4 is 17.0 Å². The molecular formula is C20H22N4O2S. The van der Waals surface area contributed by atoms with E-state index in [9.17, 15) is 0 Å². The van der Waals surface area contributed by atoms with Gasteiger partial charge in [0.15, 0.2) is 0 Å². The normalized spacial score (nSPS) is 12.3. The summed E-state index contributed by atoms with van der Waals surface area (Å²) in [5.74, 6) is 1.46. The van der Waals surface area contributed by atoms with E-state index in [1.165, 1.54) is 0 Å². The van der Waals surface area contributed by atoms with Crippen molar-refractivity contribution in [3.8, 4) is 22.8 Å². The van der Waals surface area contributed by atoms with Crippen LogP contribution < -0.4 is 14.3 Å². The zero-order valence-corrected chi connectivity index (χ0v) is 16.7. The van der Waals surface area contributed by atoms with Gasteiger partial charge in [-0.3, -0.25) is 9.98 Å². The summed E-state index contributed by atoms with van der Waals surface area (Å²) >= 11 is 1.55. The minimum atomic E-state index is 0.682. The monoisotopic (exact) mass is 382 g/mol. The van der Waals surface area contributed by atoms with Crippen LogP contribution in [0.1, 0.15) is 19.4 Å². The number of thiazole rings is 1. The van der Waals surface area contributed by atoms with Crippen molar-refractivity contribution in [1.82, 2.24) is 9.66 Å². The van der Waals surface area contributed by atoms with Gasteiger partial charge in [0.25, 0.3) is 0 Å². The van der Waals surface area contributed by atoms with E-state index in [1.54, 1.807) is 38.0 Å². The Kier molecular flexibility index (Phi) is 6.03. The van der Waals surface area contributed by atoms with E-state index in [0.29, 0.717) is 6.54 Å². The molecule has 0 saturated heterocycles. The number of methoxy groups -OCH3 is 2. The molecular weight excluding hydrogens is 360 g/mol. The Labute approximate surface area is 162 Å². The molecule has 0 radical (unpaired) electrons. The molecule has 0 atom stereocenters. The van der Waals surface area contributed by atoms with Gasteiger partial charge in [0.1, 0.15) is 11.5 Å². The number of ether oxygens (including phenoxy) is 2. The lowest BCUT2D eigenvalue weighted by Crippen LogP contribution is -2.14. The van der Waals surface area contributed by atoms with E-state index in [0.717, 1.165) is 38.8 Å². The molecule has 1 aromatic carbocycles. The predicted octanol–water partition coefficient (Wildman–Crippen LogP) is 3.82. The number of nitrogens with zero attached hydrogens (tertiary/aromatic N) is 4. The van der Waals surface area contributed by atoms with Crippen molar-refractivity contribution in [3.63, 3.8) is 0 Å². The van der Waals surface area contributed by atoms with Gasteiger partial charge in [-0.2, -0.15) is 5.10 Å². The maximum atomic E-state index is 5.58. The zero-order chi connectivity index (χ0) is 19.2. The van der Waals surface area contributed by atoms with E-state index in [2.05, 4.69) is 9.98 Å². The Balaban J connectivity index is 2.18. The fourth-order valence-electron chi connectivity index (χ4n) is 2.62. The molecule has 140 valence electrons. The average Bonchev–Trinajstić information content (AvgIpc) is 3.10. The van der Waals surface area contributed by atoms with Crippen molar-refractivity contribution in [2.45, 2.75) is 13.8 Å². The van der Waals surface area contributed by atoms with Crippen molar-refractivity contribution < 1.29 is 9.47 Å². The van der Waals surface area contributed by atoms with Gasteiger partial charge in [0.2, 0.25) is 4.80 Å². The van der Waals surface area contributed by atoms with E-state index < -0.39 is 0 Å². The van der Waals surface area contributed by atoms with Crippen molar-refractivity contribution in [3.05, 3.63) is 58.5 Å². The van der Waals surface area contributed by atoms with Crippen molar-refractivity contribution in [1.29, 1.82) is 0 Å². The number of aromatic nitrogens is 2. The fourth-order valence-corrected chi connectivity index (χ4v) is 3.51. The molecule has 0 spiro atoms. The Morgan fingerprint density at radius 2 is 2.07 bits per heavy atom. The first-order chi connectivity index (χ1) is 13.2. The number of rotatable bonds is 6. The van der Waals surface area contributed by atoms with Crippen LogP contribution in [0.4, 0.5) is 0 Å². The third-order valence-corrected chi connectivity index (χ3v) is 4.85.